The molecule has 0 unspecified atom stereocenters. The largest absolute Gasteiger partial charge is 0.497 e. The van der Waals surface area contributed by atoms with Gasteiger partial charge in [-0.05, 0) is 54.4 Å². The highest BCUT2D eigenvalue weighted by atomic mass is 35.5. The molecule has 148 valence electrons. The van der Waals surface area contributed by atoms with Gasteiger partial charge in [0.2, 0.25) is 0 Å². The van der Waals surface area contributed by atoms with Crippen molar-refractivity contribution >= 4 is 34.1 Å². The number of aromatic nitrogens is 3. The molecule has 0 spiro atoms. The molecular weight excluding hydrogens is 384 g/mol. The maximum absolute atomic E-state index is 6.49. The molecule has 2 aromatic heterocycles. The van der Waals surface area contributed by atoms with Crippen LogP contribution in [0.4, 0.5) is 11.5 Å². The van der Waals surface area contributed by atoms with Crippen LogP contribution >= 0.6 is 11.6 Å². The van der Waals surface area contributed by atoms with Gasteiger partial charge in [0, 0.05) is 24.0 Å². The van der Waals surface area contributed by atoms with Gasteiger partial charge in [-0.15, -0.1) is 0 Å². The Kier molecular flexibility index (Phi) is 5.41. The van der Waals surface area contributed by atoms with Crippen molar-refractivity contribution < 1.29 is 4.74 Å². The molecule has 0 aliphatic heterocycles. The van der Waals surface area contributed by atoms with Crippen LogP contribution in [0.1, 0.15) is 13.8 Å². The van der Waals surface area contributed by atoms with Gasteiger partial charge in [-0.25, -0.2) is 9.97 Å². The number of anilines is 2. The zero-order valence-electron chi connectivity index (χ0n) is 16.7. The number of methoxy groups -OCH3 is 1. The van der Waals surface area contributed by atoms with Crippen LogP contribution in [0.3, 0.4) is 0 Å². The number of pyridine rings is 1. The highest BCUT2D eigenvalue weighted by molar-refractivity contribution is 6.35. The lowest BCUT2D eigenvalue weighted by Gasteiger charge is -2.13. The Bertz CT molecular complexity index is 1120. The van der Waals surface area contributed by atoms with Crippen molar-refractivity contribution in [3.05, 3.63) is 65.8 Å². The second kappa shape index (κ2) is 8.13. The Hall–Kier alpha value is -3.05. The molecule has 1 N–H and O–H groups in total. The number of imidazole rings is 1. The molecule has 0 radical (unpaired) electrons. The van der Waals surface area contributed by atoms with E-state index >= 15 is 0 Å². The van der Waals surface area contributed by atoms with Crippen LogP contribution in [-0.4, -0.2) is 21.6 Å². The summed E-state index contributed by atoms with van der Waals surface area (Å²) in [5.41, 5.74) is 3.77. The van der Waals surface area contributed by atoms with E-state index in [0.717, 1.165) is 46.2 Å². The summed E-state index contributed by atoms with van der Waals surface area (Å²) in [5, 5.41) is 4.02. The van der Waals surface area contributed by atoms with Gasteiger partial charge < -0.3 is 14.6 Å². The third-order valence-electron chi connectivity index (χ3n) is 4.65. The van der Waals surface area contributed by atoms with Crippen molar-refractivity contribution in [1.82, 2.24) is 14.5 Å². The third-order valence-corrected chi connectivity index (χ3v) is 4.95. The zero-order chi connectivity index (χ0) is 20.4. The number of nitrogens with zero attached hydrogens (tertiary/aromatic N) is 3. The molecule has 0 bridgehead atoms. The van der Waals surface area contributed by atoms with Crippen molar-refractivity contribution in [2.75, 3.05) is 12.4 Å². The van der Waals surface area contributed by atoms with Gasteiger partial charge in [-0.1, -0.05) is 31.5 Å². The van der Waals surface area contributed by atoms with Crippen molar-refractivity contribution in [3.8, 4) is 17.1 Å². The molecule has 0 aliphatic rings. The van der Waals surface area contributed by atoms with Crippen molar-refractivity contribution in [1.29, 1.82) is 0 Å². The van der Waals surface area contributed by atoms with E-state index in [1.165, 1.54) is 0 Å². The van der Waals surface area contributed by atoms with Gasteiger partial charge in [-0.3, -0.25) is 0 Å². The number of para-hydroxylation sites is 1. The predicted octanol–water partition coefficient (Wildman–Crippen LogP) is 6.16. The first kappa shape index (κ1) is 19.3. The van der Waals surface area contributed by atoms with Crippen LogP contribution in [0.25, 0.3) is 22.4 Å². The average Bonchev–Trinajstić information content (AvgIpc) is 3.08. The summed E-state index contributed by atoms with van der Waals surface area (Å²) in [5.74, 6) is 2.93. The van der Waals surface area contributed by atoms with E-state index in [2.05, 4.69) is 28.7 Å². The molecule has 0 aliphatic carbocycles. The zero-order valence-corrected chi connectivity index (χ0v) is 17.4. The number of benzene rings is 2. The molecule has 4 rings (SSSR count). The standard InChI is InChI=1S/C23H23ClN4O/c1-15(2)14-28-22-19(24)5-4-6-20(22)27-23(28)16-7-12-21(25-13-16)26-17-8-10-18(29-3)11-9-17/h4-13,15H,14H2,1-3H3,(H,25,26). The summed E-state index contributed by atoms with van der Waals surface area (Å²) in [4.78, 5) is 9.41. The highest BCUT2D eigenvalue weighted by Gasteiger charge is 2.16. The molecule has 0 fully saturated rings. The Morgan fingerprint density at radius 2 is 1.86 bits per heavy atom. The summed E-state index contributed by atoms with van der Waals surface area (Å²) in [6.07, 6.45) is 1.85. The maximum atomic E-state index is 6.49. The molecule has 5 nitrogen and oxygen atoms in total. The normalized spacial score (nSPS) is 11.2. The van der Waals surface area contributed by atoms with Crippen LogP contribution in [0, 0.1) is 5.92 Å². The third kappa shape index (κ3) is 4.05. The van der Waals surface area contributed by atoms with Crippen molar-refractivity contribution in [2.45, 2.75) is 20.4 Å². The lowest BCUT2D eigenvalue weighted by Crippen LogP contribution is -2.06. The molecule has 2 heterocycles. The monoisotopic (exact) mass is 406 g/mol. The minimum absolute atomic E-state index is 0.464. The minimum atomic E-state index is 0.464. The fourth-order valence-electron chi connectivity index (χ4n) is 3.33. The smallest absolute Gasteiger partial charge is 0.142 e. The number of rotatable bonds is 6. The van der Waals surface area contributed by atoms with E-state index in [0.29, 0.717) is 10.9 Å². The van der Waals surface area contributed by atoms with Gasteiger partial charge in [0.25, 0.3) is 0 Å². The lowest BCUT2D eigenvalue weighted by atomic mass is 10.2. The molecule has 6 heteroatoms. The van der Waals surface area contributed by atoms with Gasteiger partial charge in [0.15, 0.2) is 0 Å². The average molecular weight is 407 g/mol. The maximum Gasteiger partial charge on any atom is 0.142 e. The summed E-state index contributed by atoms with van der Waals surface area (Å²) in [7, 11) is 1.66. The number of ether oxygens (including phenoxy) is 1. The molecule has 4 aromatic rings. The van der Waals surface area contributed by atoms with Crippen LogP contribution in [0.2, 0.25) is 5.02 Å². The SMILES string of the molecule is COc1ccc(Nc2ccc(-c3nc4cccc(Cl)c4n3CC(C)C)cn2)cc1. The van der Waals surface area contributed by atoms with E-state index < -0.39 is 0 Å². The second-order valence-electron chi connectivity index (χ2n) is 7.33. The van der Waals surface area contributed by atoms with Crippen LogP contribution in [-0.2, 0) is 6.54 Å². The quantitative estimate of drug-likeness (QED) is 0.416. The Morgan fingerprint density at radius 3 is 2.52 bits per heavy atom. The first-order valence-electron chi connectivity index (χ1n) is 9.57. The summed E-state index contributed by atoms with van der Waals surface area (Å²) in [6.45, 7) is 5.21. The van der Waals surface area contributed by atoms with E-state index in [1.54, 1.807) is 7.11 Å². The summed E-state index contributed by atoms with van der Waals surface area (Å²) in [6, 6.07) is 17.6. The van der Waals surface area contributed by atoms with Gasteiger partial charge >= 0.3 is 0 Å². The first-order chi connectivity index (χ1) is 14.0. The van der Waals surface area contributed by atoms with Crippen molar-refractivity contribution in [3.63, 3.8) is 0 Å². The molecule has 0 atom stereocenters. The minimum Gasteiger partial charge on any atom is -0.497 e. The first-order valence-corrected chi connectivity index (χ1v) is 9.95. The van der Waals surface area contributed by atoms with E-state index in [9.17, 15) is 0 Å². The molecule has 0 saturated heterocycles. The summed E-state index contributed by atoms with van der Waals surface area (Å²) >= 11 is 6.49. The molecule has 2 aromatic carbocycles. The van der Waals surface area contributed by atoms with Crippen LogP contribution in [0.5, 0.6) is 5.75 Å². The van der Waals surface area contributed by atoms with E-state index in [1.807, 2.05) is 60.8 Å². The fraction of sp³-hybridized carbons (Fsp3) is 0.217. The highest BCUT2D eigenvalue weighted by Crippen LogP contribution is 2.30. The number of nitrogens with one attached hydrogen (secondary N) is 1. The van der Waals surface area contributed by atoms with Crippen LogP contribution < -0.4 is 10.1 Å². The van der Waals surface area contributed by atoms with E-state index in [-0.39, 0.29) is 0 Å². The Morgan fingerprint density at radius 1 is 1.07 bits per heavy atom. The lowest BCUT2D eigenvalue weighted by molar-refractivity contribution is 0.415. The Labute approximate surface area is 175 Å². The summed E-state index contributed by atoms with van der Waals surface area (Å²) < 4.78 is 7.38. The number of fused-ring (bicyclic) bond motifs is 1. The second-order valence-corrected chi connectivity index (χ2v) is 7.74. The predicted molar refractivity (Wildman–Crippen MR) is 119 cm³/mol. The van der Waals surface area contributed by atoms with Gasteiger partial charge in [0.1, 0.15) is 17.4 Å². The molecule has 29 heavy (non-hydrogen) atoms. The molecule has 0 saturated carbocycles. The van der Waals surface area contributed by atoms with Gasteiger partial charge in [0.05, 0.1) is 23.2 Å². The van der Waals surface area contributed by atoms with Gasteiger partial charge in [-0.2, -0.15) is 0 Å². The number of halogens is 1. The molecule has 0 amide bonds. The number of hydrogen-bond donors (Lipinski definition) is 1. The topological polar surface area (TPSA) is 52.0 Å². The molecular formula is C23H23ClN4O. The van der Waals surface area contributed by atoms with Crippen molar-refractivity contribution in [2.24, 2.45) is 5.92 Å². The van der Waals surface area contributed by atoms with Crippen LogP contribution in [0.15, 0.2) is 60.8 Å². The Balaban J connectivity index is 1.66. The van der Waals surface area contributed by atoms with E-state index in [4.69, 9.17) is 21.3 Å². The number of hydrogen-bond acceptors (Lipinski definition) is 4. The fourth-order valence-corrected chi connectivity index (χ4v) is 3.60.